The number of hydrogen-bond acceptors (Lipinski definition) is 2. The van der Waals surface area contributed by atoms with Crippen LogP contribution >= 0.6 is 0 Å². The average Bonchev–Trinajstić information content (AvgIpc) is 2.36. The molecule has 1 aromatic carbocycles. The Hall–Kier alpha value is -1.65. The third-order valence-electron chi connectivity index (χ3n) is 1.97. The number of aromatic carboxylic acids is 1. The second-order valence-corrected chi connectivity index (χ2v) is 3.02. The van der Waals surface area contributed by atoms with Gasteiger partial charge >= 0.3 is 12.1 Å². The zero-order valence-corrected chi connectivity index (χ0v) is 6.96. The topological polar surface area (TPSA) is 46.5 Å². The molecular weight excluding hydrogens is 194 g/mol. The van der Waals surface area contributed by atoms with Crippen LogP contribution in [-0.4, -0.2) is 17.2 Å². The summed E-state index contributed by atoms with van der Waals surface area (Å²) in [4.78, 5) is 10.6. The Kier molecular flexibility index (Phi) is 1.70. The standard InChI is InChI=1S/C9H6F2O3/c10-9(11)4-5-2-1-3-6(8(12)13)7(5)14-9/h1-3H,4H2,(H,12,13). The van der Waals surface area contributed by atoms with Gasteiger partial charge in [0.2, 0.25) is 0 Å². The summed E-state index contributed by atoms with van der Waals surface area (Å²) in [6.45, 7) is 0. The normalized spacial score (nSPS) is 17.3. The van der Waals surface area contributed by atoms with Gasteiger partial charge in [0.05, 0.1) is 6.42 Å². The van der Waals surface area contributed by atoms with Crippen molar-refractivity contribution in [3.63, 3.8) is 0 Å². The number of halogens is 2. The van der Waals surface area contributed by atoms with Gasteiger partial charge in [-0.15, -0.1) is 0 Å². The smallest absolute Gasteiger partial charge is 0.402 e. The molecule has 74 valence electrons. The van der Waals surface area contributed by atoms with Gasteiger partial charge in [-0.25, -0.2) is 4.79 Å². The van der Waals surface area contributed by atoms with Crippen molar-refractivity contribution in [3.05, 3.63) is 29.3 Å². The maximum absolute atomic E-state index is 12.8. The molecule has 0 atom stereocenters. The summed E-state index contributed by atoms with van der Waals surface area (Å²) in [5.74, 6) is -1.48. The Bertz CT molecular complexity index is 401. The highest BCUT2D eigenvalue weighted by Crippen LogP contribution is 2.39. The highest BCUT2D eigenvalue weighted by atomic mass is 19.3. The predicted octanol–water partition coefficient (Wildman–Crippen LogP) is 1.91. The summed E-state index contributed by atoms with van der Waals surface area (Å²) in [5, 5.41) is 8.69. The lowest BCUT2D eigenvalue weighted by atomic mass is 10.1. The molecule has 0 saturated carbocycles. The zero-order valence-electron chi connectivity index (χ0n) is 6.96. The average molecular weight is 200 g/mol. The fourth-order valence-electron chi connectivity index (χ4n) is 1.42. The molecule has 1 aromatic rings. The van der Waals surface area contributed by atoms with E-state index < -0.39 is 18.5 Å². The van der Waals surface area contributed by atoms with Crippen LogP contribution in [0.2, 0.25) is 0 Å². The number of para-hydroxylation sites is 1. The monoisotopic (exact) mass is 200 g/mol. The van der Waals surface area contributed by atoms with Gasteiger partial charge in [-0.1, -0.05) is 12.1 Å². The lowest BCUT2D eigenvalue weighted by Gasteiger charge is -2.08. The Morgan fingerprint density at radius 1 is 1.50 bits per heavy atom. The number of ether oxygens (including phenoxy) is 1. The van der Waals surface area contributed by atoms with Crippen LogP contribution in [0.1, 0.15) is 15.9 Å². The van der Waals surface area contributed by atoms with Crippen molar-refractivity contribution >= 4 is 5.97 Å². The van der Waals surface area contributed by atoms with E-state index in [9.17, 15) is 13.6 Å². The van der Waals surface area contributed by atoms with E-state index in [1.165, 1.54) is 18.2 Å². The Morgan fingerprint density at radius 3 is 2.86 bits per heavy atom. The van der Waals surface area contributed by atoms with Gasteiger partial charge in [0, 0.05) is 5.56 Å². The third kappa shape index (κ3) is 1.30. The molecule has 5 heteroatoms. The lowest BCUT2D eigenvalue weighted by molar-refractivity contribution is -0.159. The number of alkyl halides is 2. The van der Waals surface area contributed by atoms with Gasteiger partial charge < -0.3 is 9.84 Å². The Labute approximate surface area is 77.9 Å². The predicted molar refractivity (Wildman–Crippen MR) is 42.7 cm³/mol. The van der Waals surface area contributed by atoms with Crippen LogP contribution in [0.25, 0.3) is 0 Å². The van der Waals surface area contributed by atoms with Gasteiger partial charge in [0.15, 0.2) is 0 Å². The van der Waals surface area contributed by atoms with Crippen LogP contribution < -0.4 is 4.74 Å². The number of rotatable bonds is 1. The number of carbonyl (C=O) groups is 1. The van der Waals surface area contributed by atoms with Crippen LogP contribution in [0.4, 0.5) is 8.78 Å². The van der Waals surface area contributed by atoms with E-state index in [0.717, 1.165) is 0 Å². The SMILES string of the molecule is O=C(O)c1cccc2c1OC(F)(F)C2. The highest BCUT2D eigenvalue weighted by molar-refractivity contribution is 5.91. The molecule has 0 radical (unpaired) electrons. The summed E-state index contributed by atoms with van der Waals surface area (Å²) in [5.41, 5.74) is 0.00887. The van der Waals surface area contributed by atoms with Crippen molar-refractivity contribution in [3.8, 4) is 5.75 Å². The molecule has 0 saturated heterocycles. The second kappa shape index (κ2) is 2.67. The maximum atomic E-state index is 12.8. The summed E-state index contributed by atoms with van der Waals surface area (Å²) < 4.78 is 29.8. The van der Waals surface area contributed by atoms with Crippen molar-refractivity contribution in [2.24, 2.45) is 0 Å². The van der Waals surface area contributed by atoms with Crippen molar-refractivity contribution in [1.29, 1.82) is 0 Å². The molecule has 0 spiro atoms. The van der Waals surface area contributed by atoms with Gasteiger partial charge in [0.25, 0.3) is 0 Å². The third-order valence-corrected chi connectivity index (χ3v) is 1.97. The molecule has 3 nitrogen and oxygen atoms in total. The van der Waals surface area contributed by atoms with Gasteiger partial charge in [-0.05, 0) is 6.07 Å². The van der Waals surface area contributed by atoms with Crippen LogP contribution in [0.3, 0.4) is 0 Å². The van der Waals surface area contributed by atoms with E-state index in [1.807, 2.05) is 0 Å². The van der Waals surface area contributed by atoms with Crippen molar-refractivity contribution < 1.29 is 23.4 Å². The minimum absolute atomic E-state index is 0.218. The highest BCUT2D eigenvalue weighted by Gasteiger charge is 2.41. The molecule has 0 unspecified atom stereocenters. The minimum Gasteiger partial charge on any atom is -0.478 e. The first-order chi connectivity index (χ1) is 6.49. The van der Waals surface area contributed by atoms with Gasteiger partial charge in [-0.3, -0.25) is 0 Å². The fourth-order valence-corrected chi connectivity index (χ4v) is 1.42. The van der Waals surface area contributed by atoms with Crippen LogP contribution in [-0.2, 0) is 6.42 Å². The van der Waals surface area contributed by atoms with Crippen molar-refractivity contribution in [2.45, 2.75) is 12.5 Å². The Balaban J connectivity index is 2.52. The maximum Gasteiger partial charge on any atom is 0.402 e. The molecule has 0 amide bonds. The number of fused-ring (bicyclic) bond motifs is 1. The van der Waals surface area contributed by atoms with E-state index in [1.54, 1.807) is 0 Å². The number of carboxylic acid groups (broad SMARTS) is 1. The molecule has 1 heterocycles. The molecule has 0 aliphatic carbocycles. The van der Waals surface area contributed by atoms with Crippen LogP contribution in [0, 0.1) is 0 Å². The van der Waals surface area contributed by atoms with E-state index in [4.69, 9.17) is 5.11 Å². The van der Waals surface area contributed by atoms with E-state index in [0.29, 0.717) is 0 Å². The Morgan fingerprint density at radius 2 is 2.21 bits per heavy atom. The van der Waals surface area contributed by atoms with E-state index >= 15 is 0 Å². The molecule has 1 N–H and O–H groups in total. The largest absolute Gasteiger partial charge is 0.478 e. The van der Waals surface area contributed by atoms with E-state index in [2.05, 4.69) is 4.74 Å². The quantitative estimate of drug-likeness (QED) is 0.753. The van der Waals surface area contributed by atoms with E-state index in [-0.39, 0.29) is 16.9 Å². The number of benzene rings is 1. The summed E-state index contributed by atoms with van der Waals surface area (Å²) >= 11 is 0. The first-order valence-corrected chi connectivity index (χ1v) is 3.92. The van der Waals surface area contributed by atoms with Crippen molar-refractivity contribution in [2.75, 3.05) is 0 Å². The molecule has 1 aliphatic heterocycles. The summed E-state index contributed by atoms with van der Waals surface area (Å²) in [6.07, 6.45) is -3.85. The molecule has 2 rings (SSSR count). The molecule has 0 fully saturated rings. The molecule has 1 aliphatic rings. The van der Waals surface area contributed by atoms with Gasteiger partial charge in [-0.2, -0.15) is 8.78 Å². The first kappa shape index (κ1) is 8.93. The molecule has 14 heavy (non-hydrogen) atoms. The van der Waals surface area contributed by atoms with Gasteiger partial charge in [0.1, 0.15) is 11.3 Å². The molecule has 0 bridgehead atoms. The van der Waals surface area contributed by atoms with Crippen molar-refractivity contribution in [1.82, 2.24) is 0 Å². The minimum atomic E-state index is -3.28. The molecule has 0 aromatic heterocycles. The summed E-state index contributed by atoms with van der Waals surface area (Å²) in [7, 11) is 0. The number of hydrogen-bond donors (Lipinski definition) is 1. The van der Waals surface area contributed by atoms with Crippen LogP contribution in [0.15, 0.2) is 18.2 Å². The molecular formula is C9H6F2O3. The number of carboxylic acids is 1. The lowest BCUT2D eigenvalue weighted by Crippen LogP contribution is -2.21. The summed E-state index contributed by atoms with van der Waals surface area (Å²) in [6, 6.07) is 4.10. The zero-order chi connectivity index (χ0) is 10.3. The van der Waals surface area contributed by atoms with Crippen LogP contribution in [0.5, 0.6) is 5.75 Å². The second-order valence-electron chi connectivity index (χ2n) is 3.02. The fraction of sp³-hybridized carbons (Fsp3) is 0.222. The first-order valence-electron chi connectivity index (χ1n) is 3.92.